The van der Waals surface area contributed by atoms with Gasteiger partial charge in [0.05, 0.1) is 12.5 Å². The molecule has 4 aromatic rings. The third kappa shape index (κ3) is 6.83. The molecule has 2 saturated heterocycles. The number of hydrogen-bond acceptors (Lipinski definition) is 10. The number of ether oxygens (including phenoxy) is 1. The van der Waals surface area contributed by atoms with E-state index in [2.05, 4.69) is 59.7 Å². The molecule has 210 valence electrons. The molecular weight excluding hydrogens is 516 g/mol. The first-order chi connectivity index (χ1) is 20.1. The standard InChI is InChI=1S/C31H34N8O2/c1-21-3-2-4-26(35-21)30-34-14-10-28(38-30)36-27-9-13-33-29(37-27)17-22-5-7-25(8-6-22)39-15-11-24(12-16-39)31(40)41-20-23-18-32-19-23/h2-10,13-14,23-24,32H,11-12,15-20H2,1H3,(H,33,34,36,37,38). The average molecular weight is 551 g/mol. The molecule has 3 aromatic heterocycles. The Morgan fingerprint density at radius 1 is 0.951 bits per heavy atom. The van der Waals surface area contributed by atoms with E-state index in [0.717, 1.165) is 61.8 Å². The van der Waals surface area contributed by atoms with Crippen LogP contribution < -0.4 is 15.5 Å². The van der Waals surface area contributed by atoms with Crippen molar-refractivity contribution >= 4 is 23.3 Å². The second kappa shape index (κ2) is 12.4. The molecule has 10 nitrogen and oxygen atoms in total. The largest absolute Gasteiger partial charge is 0.465 e. The van der Waals surface area contributed by atoms with E-state index in [9.17, 15) is 4.79 Å². The number of nitrogens with zero attached hydrogens (tertiary/aromatic N) is 6. The zero-order chi connectivity index (χ0) is 28.0. The molecular formula is C31H34N8O2. The number of hydrogen-bond donors (Lipinski definition) is 2. The Morgan fingerprint density at radius 3 is 2.44 bits per heavy atom. The van der Waals surface area contributed by atoms with Gasteiger partial charge in [0, 0.05) is 62.3 Å². The van der Waals surface area contributed by atoms with Crippen LogP contribution in [0.15, 0.2) is 67.0 Å². The smallest absolute Gasteiger partial charge is 0.309 e. The van der Waals surface area contributed by atoms with Gasteiger partial charge < -0.3 is 20.3 Å². The van der Waals surface area contributed by atoms with Crippen molar-refractivity contribution in [2.75, 3.05) is 43.0 Å². The highest BCUT2D eigenvalue weighted by Gasteiger charge is 2.28. The van der Waals surface area contributed by atoms with Crippen molar-refractivity contribution < 1.29 is 9.53 Å². The van der Waals surface area contributed by atoms with Crippen molar-refractivity contribution in [3.63, 3.8) is 0 Å². The lowest BCUT2D eigenvalue weighted by Gasteiger charge is -2.33. The average Bonchev–Trinajstić information content (AvgIpc) is 2.97. The van der Waals surface area contributed by atoms with Gasteiger partial charge in [0.25, 0.3) is 0 Å². The van der Waals surface area contributed by atoms with Gasteiger partial charge in [0.2, 0.25) is 0 Å². The number of benzene rings is 1. The van der Waals surface area contributed by atoms with Crippen LogP contribution in [-0.4, -0.2) is 63.7 Å². The van der Waals surface area contributed by atoms with Crippen molar-refractivity contribution in [1.29, 1.82) is 0 Å². The normalized spacial score (nSPS) is 15.8. The minimum atomic E-state index is -0.0351. The Bertz CT molecular complexity index is 1480. The molecule has 0 unspecified atom stereocenters. The Morgan fingerprint density at radius 2 is 1.71 bits per heavy atom. The zero-order valence-corrected chi connectivity index (χ0v) is 23.2. The lowest BCUT2D eigenvalue weighted by molar-refractivity contribution is -0.151. The maximum absolute atomic E-state index is 12.4. The maximum atomic E-state index is 12.4. The molecule has 1 aromatic carbocycles. The Hall–Kier alpha value is -4.44. The number of piperidine rings is 1. The molecule has 0 atom stereocenters. The van der Waals surface area contributed by atoms with Crippen LogP contribution in [0.4, 0.5) is 17.3 Å². The summed E-state index contributed by atoms with van der Waals surface area (Å²) in [6.45, 7) is 6.10. The zero-order valence-electron chi connectivity index (χ0n) is 23.2. The van der Waals surface area contributed by atoms with E-state index < -0.39 is 0 Å². The number of aromatic nitrogens is 5. The van der Waals surface area contributed by atoms with Crippen molar-refractivity contribution in [3.8, 4) is 11.5 Å². The van der Waals surface area contributed by atoms with Crippen LogP contribution in [0.2, 0.25) is 0 Å². The molecule has 0 amide bonds. The predicted octanol–water partition coefficient (Wildman–Crippen LogP) is 3.95. The van der Waals surface area contributed by atoms with Crippen molar-refractivity contribution in [1.82, 2.24) is 30.2 Å². The molecule has 0 saturated carbocycles. The Kier molecular flexibility index (Phi) is 8.09. The predicted molar refractivity (Wildman–Crippen MR) is 157 cm³/mol. The number of esters is 1. The second-order valence-corrected chi connectivity index (χ2v) is 10.7. The Balaban J connectivity index is 1.03. The first-order valence-corrected chi connectivity index (χ1v) is 14.2. The van der Waals surface area contributed by atoms with Gasteiger partial charge in [-0.1, -0.05) is 18.2 Å². The van der Waals surface area contributed by atoms with Crippen LogP contribution in [0, 0.1) is 18.8 Å². The lowest BCUT2D eigenvalue weighted by Crippen LogP contribution is -2.45. The fourth-order valence-electron chi connectivity index (χ4n) is 5.07. The maximum Gasteiger partial charge on any atom is 0.309 e. The van der Waals surface area contributed by atoms with E-state index >= 15 is 0 Å². The number of rotatable bonds is 9. The summed E-state index contributed by atoms with van der Waals surface area (Å²) in [4.78, 5) is 37.4. The van der Waals surface area contributed by atoms with E-state index in [4.69, 9.17) is 9.72 Å². The molecule has 2 aliphatic heterocycles. The SMILES string of the molecule is Cc1cccc(-c2nccc(Nc3ccnc(Cc4ccc(N5CCC(C(=O)OCC6CNC6)CC5)cc4)n3)n2)n1. The van der Waals surface area contributed by atoms with Gasteiger partial charge in [-0.15, -0.1) is 0 Å². The van der Waals surface area contributed by atoms with E-state index in [1.54, 1.807) is 18.5 Å². The molecule has 0 bridgehead atoms. The van der Waals surface area contributed by atoms with Gasteiger partial charge in [-0.3, -0.25) is 4.79 Å². The van der Waals surface area contributed by atoms with Crippen molar-refractivity contribution in [2.45, 2.75) is 26.2 Å². The van der Waals surface area contributed by atoms with E-state index in [1.807, 2.05) is 31.2 Å². The quantitative estimate of drug-likeness (QED) is 0.297. The highest BCUT2D eigenvalue weighted by atomic mass is 16.5. The van der Waals surface area contributed by atoms with Crippen LogP contribution in [0.5, 0.6) is 0 Å². The molecule has 5 heterocycles. The number of aryl methyl sites for hydroxylation is 1. The van der Waals surface area contributed by atoms with Gasteiger partial charge in [-0.05, 0) is 61.7 Å². The fourth-order valence-corrected chi connectivity index (χ4v) is 5.07. The summed E-state index contributed by atoms with van der Waals surface area (Å²) in [5.74, 6) is 3.03. The van der Waals surface area contributed by atoms with E-state index in [1.165, 1.54) is 5.69 Å². The van der Waals surface area contributed by atoms with Crippen LogP contribution in [-0.2, 0) is 16.0 Å². The summed E-state index contributed by atoms with van der Waals surface area (Å²) in [6, 6.07) is 17.9. The highest BCUT2D eigenvalue weighted by molar-refractivity contribution is 5.73. The lowest BCUT2D eigenvalue weighted by atomic mass is 9.96. The molecule has 10 heteroatoms. The first kappa shape index (κ1) is 26.8. The van der Waals surface area contributed by atoms with Crippen LogP contribution >= 0.6 is 0 Å². The third-order valence-corrected chi connectivity index (χ3v) is 7.55. The molecule has 0 spiro atoms. The summed E-state index contributed by atoms with van der Waals surface area (Å²) < 4.78 is 5.55. The van der Waals surface area contributed by atoms with Gasteiger partial charge in [0.1, 0.15) is 23.2 Å². The van der Waals surface area contributed by atoms with Crippen LogP contribution in [0.25, 0.3) is 11.5 Å². The number of pyridine rings is 1. The van der Waals surface area contributed by atoms with Gasteiger partial charge in [-0.25, -0.2) is 24.9 Å². The molecule has 2 aliphatic rings. The molecule has 0 radical (unpaired) electrons. The van der Waals surface area contributed by atoms with Gasteiger partial charge in [-0.2, -0.15) is 0 Å². The van der Waals surface area contributed by atoms with Crippen LogP contribution in [0.3, 0.4) is 0 Å². The Labute approximate surface area is 239 Å². The van der Waals surface area contributed by atoms with Gasteiger partial charge in [0.15, 0.2) is 5.82 Å². The van der Waals surface area contributed by atoms with Crippen molar-refractivity contribution in [2.24, 2.45) is 11.8 Å². The topological polar surface area (TPSA) is 118 Å². The fraction of sp³-hybridized carbons (Fsp3) is 0.355. The number of anilines is 3. The van der Waals surface area contributed by atoms with Crippen LogP contribution in [0.1, 0.15) is 29.9 Å². The molecule has 0 aliphatic carbocycles. The summed E-state index contributed by atoms with van der Waals surface area (Å²) in [5.41, 5.74) is 3.94. The first-order valence-electron chi connectivity index (χ1n) is 14.2. The summed E-state index contributed by atoms with van der Waals surface area (Å²) in [6.07, 6.45) is 5.73. The summed E-state index contributed by atoms with van der Waals surface area (Å²) in [7, 11) is 0. The molecule has 2 fully saturated rings. The second-order valence-electron chi connectivity index (χ2n) is 10.7. The minimum absolute atomic E-state index is 0.00438. The molecule has 2 N–H and O–H groups in total. The van der Waals surface area contributed by atoms with Gasteiger partial charge >= 0.3 is 5.97 Å². The summed E-state index contributed by atoms with van der Waals surface area (Å²) in [5, 5.41) is 6.48. The van der Waals surface area contributed by atoms with E-state index in [0.29, 0.717) is 36.4 Å². The molecule has 41 heavy (non-hydrogen) atoms. The van der Waals surface area contributed by atoms with E-state index in [-0.39, 0.29) is 11.9 Å². The van der Waals surface area contributed by atoms with Crippen molar-refractivity contribution in [3.05, 3.63) is 84.1 Å². The third-order valence-electron chi connectivity index (χ3n) is 7.55. The monoisotopic (exact) mass is 550 g/mol. The molecule has 6 rings (SSSR count). The number of carbonyl (C=O) groups is 1. The number of carbonyl (C=O) groups excluding carboxylic acids is 1. The summed E-state index contributed by atoms with van der Waals surface area (Å²) >= 11 is 0. The highest BCUT2D eigenvalue weighted by Crippen LogP contribution is 2.25. The minimum Gasteiger partial charge on any atom is -0.465 e. The number of nitrogens with one attached hydrogen (secondary N) is 2.